The van der Waals surface area contributed by atoms with Crippen LogP contribution in [0.5, 0.6) is 0 Å². The molecule has 3 nitrogen and oxygen atoms in total. The van der Waals surface area contributed by atoms with Gasteiger partial charge < -0.3 is 4.98 Å². The Labute approximate surface area is 292 Å². The van der Waals surface area contributed by atoms with Crippen LogP contribution in [0.15, 0.2) is 104 Å². The molecule has 0 amide bonds. The number of aryl methyl sites for hydroxylation is 3. The Balaban J connectivity index is 0.000000185. The van der Waals surface area contributed by atoms with E-state index in [9.17, 15) is 0 Å². The molecule has 0 saturated heterocycles. The van der Waals surface area contributed by atoms with E-state index in [1.54, 1.807) is 6.20 Å². The second-order valence-electron chi connectivity index (χ2n) is 12.9. The minimum absolute atomic E-state index is 0. The van der Waals surface area contributed by atoms with Gasteiger partial charge in [-0.1, -0.05) is 69.2 Å². The van der Waals surface area contributed by atoms with Crippen LogP contribution in [0, 0.1) is 38.4 Å². The quantitative estimate of drug-likeness (QED) is 0.131. The third-order valence-electron chi connectivity index (χ3n) is 7.95. The molecule has 0 aliphatic heterocycles. The number of pyridine rings is 3. The van der Waals surface area contributed by atoms with Crippen LogP contribution in [-0.2, 0) is 26.5 Å². The van der Waals surface area contributed by atoms with Crippen LogP contribution >= 0.6 is 0 Å². The normalized spacial score (nSPS) is 11.2. The molecule has 4 heterocycles. The van der Waals surface area contributed by atoms with Gasteiger partial charge in [-0.3, -0.25) is 0 Å². The van der Waals surface area contributed by atoms with Gasteiger partial charge in [-0.15, -0.1) is 29.3 Å². The molecule has 233 valence electrons. The Kier molecular flexibility index (Phi) is 10.5. The van der Waals surface area contributed by atoms with Gasteiger partial charge in [-0.25, -0.2) is 0 Å². The van der Waals surface area contributed by atoms with E-state index in [1.807, 2.05) is 24.5 Å². The molecule has 0 saturated carbocycles. The Morgan fingerprint density at radius 2 is 1.43 bits per heavy atom. The van der Waals surface area contributed by atoms with Gasteiger partial charge in [0.25, 0.3) is 0 Å². The third-order valence-corrected chi connectivity index (χ3v) is 10.3. The SMILES string of the molecule is Cc1cnc(-c2[c-]cc(C)c(-c3ccc(CC(C)(C)C)cc3)c2)cc1C.[Ir].[c-]1ncccc1-c1cc2[se]c3ccccc3c2cn1. The summed E-state index contributed by atoms with van der Waals surface area (Å²) in [5.41, 5.74) is 11.9. The fraction of sp³-hybridized carbons (Fsp3) is 0.195. The molecule has 0 fully saturated rings. The van der Waals surface area contributed by atoms with Gasteiger partial charge >= 0.3 is 116 Å². The molecule has 4 aromatic heterocycles. The van der Waals surface area contributed by atoms with E-state index in [0.29, 0.717) is 19.9 Å². The molecule has 0 atom stereocenters. The topological polar surface area (TPSA) is 38.7 Å². The van der Waals surface area contributed by atoms with Crippen LogP contribution in [-0.4, -0.2) is 29.5 Å². The molecule has 0 aliphatic carbocycles. The Morgan fingerprint density at radius 1 is 0.696 bits per heavy atom. The standard InChI is InChI=1S/C25H28N.C16H9N2Se.Ir/c1-17-7-10-22(24-13-18(2)19(3)16-26-24)14-23(17)21-11-8-20(9-12-21)15-25(4,5)6;1-2-6-15-12(5-1)13-10-18-14(8-16(13)19-15)11-4-3-7-17-9-11;/h7-9,11-14,16H,15H2,1-6H3;1-8,10H;/q2*-1;. The van der Waals surface area contributed by atoms with Gasteiger partial charge in [0.2, 0.25) is 0 Å². The van der Waals surface area contributed by atoms with E-state index in [1.165, 1.54) is 52.7 Å². The van der Waals surface area contributed by atoms with E-state index in [-0.39, 0.29) is 20.1 Å². The molecule has 0 aliphatic rings. The van der Waals surface area contributed by atoms with Gasteiger partial charge in [0.05, 0.1) is 0 Å². The van der Waals surface area contributed by atoms with Crippen molar-refractivity contribution < 1.29 is 20.1 Å². The molecule has 0 spiro atoms. The van der Waals surface area contributed by atoms with Crippen LogP contribution < -0.4 is 0 Å². The first-order valence-electron chi connectivity index (χ1n) is 15.3. The van der Waals surface area contributed by atoms with Gasteiger partial charge in [-0.2, -0.15) is 0 Å². The molecule has 0 bridgehead atoms. The Morgan fingerprint density at radius 3 is 2.15 bits per heavy atom. The number of rotatable bonds is 4. The van der Waals surface area contributed by atoms with Crippen molar-refractivity contribution >= 4 is 33.8 Å². The van der Waals surface area contributed by atoms with Crippen LogP contribution in [0.3, 0.4) is 0 Å². The van der Waals surface area contributed by atoms with E-state index in [2.05, 4.69) is 142 Å². The van der Waals surface area contributed by atoms with Gasteiger partial charge in [0, 0.05) is 26.3 Å². The maximum atomic E-state index is 4.60. The van der Waals surface area contributed by atoms with Crippen molar-refractivity contribution in [1.82, 2.24) is 15.0 Å². The zero-order chi connectivity index (χ0) is 31.6. The van der Waals surface area contributed by atoms with Crippen LogP contribution in [0.1, 0.15) is 43.0 Å². The molecule has 46 heavy (non-hydrogen) atoms. The second-order valence-corrected chi connectivity index (χ2v) is 15.1. The Bertz CT molecular complexity index is 2090. The molecule has 5 heteroatoms. The van der Waals surface area contributed by atoms with Gasteiger partial charge in [-0.05, 0) is 48.1 Å². The van der Waals surface area contributed by atoms with Gasteiger partial charge in [0.15, 0.2) is 0 Å². The molecule has 3 aromatic carbocycles. The summed E-state index contributed by atoms with van der Waals surface area (Å²) >= 11 is 0.381. The summed E-state index contributed by atoms with van der Waals surface area (Å²) in [6.07, 6.45) is 9.74. The average molecular weight is 843 g/mol. The van der Waals surface area contributed by atoms with Crippen molar-refractivity contribution in [3.05, 3.63) is 138 Å². The summed E-state index contributed by atoms with van der Waals surface area (Å²) in [6.45, 7) is 13.2. The molecular weight excluding hydrogens is 806 g/mol. The van der Waals surface area contributed by atoms with E-state index < -0.39 is 0 Å². The van der Waals surface area contributed by atoms with E-state index >= 15 is 0 Å². The van der Waals surface area contributed by atoms with Crippen LogP contribution in [0.4, 0.5) is 0 Å². The van der Waals surface area contributed by atoms with Crippen molar-refractivity contribution in [3.8, 4) is 33.6 Å². The maximum absolute atomic E-state index is 4.60. The first kappa shape index (κ1) is 33.6. The van der Waals surface area contributed by atoms with Gasteiger partial charge in [0.1, 0.15) is 0 Å². The zero-order valence-electron chi connectivity index (χ0n) is 27.1. The molecular formula is C41H37IrN3Se-2. The van der Waals surface area contributed by atoms with E-state index in [4.69, 9.17) is 0 Å². The second kappa shape index (κ2) is 14.4. The summed E-state index contributed by atoms with van der Waals surface area (Å²) in [5.74, 6) is 0. The van der Waals surface area contributed by atoms with Crippen molar-refractivity contribution in [2.45, 2.75) is 48.0 Å². The summed E-state index contributed by atoms with van der Waals surface area (Å²) in [7, 11) is 0. The summed E-state index contributed by atoms with van der Waals surface area (Å²) in [6, 6.07) is 33.5. The van der Waals surface area contributed by atoms with Crippen molar-refractivity contribution in [1.29, 1.82) is 0 Å². The fourth-order valence-electron chi connectivity index (χ4n) is 5.45. The third kappa shape index (κ3) is 7.80. The summed E-state index contributed by atoms with van der Waals surface area (Å²) in [4.78, 5) is 13.2. The zero-order valence-corrected chi connectivity index (χ0v) is 31.2. The number of hydrogen-bond donors (Lipinski definition) is 0. The number of fused-ring (bicyclic) bond motifs is 3. The number of benzene rings is 3. The first-order valence-corrected chi connectivity index (χ1v) is 17.0. The predicted octanol–water partition coefficient (Wildman–Crippen LogP) is 10.0. The summed E-state index contributed by atoms with van der Waals surface area (Å²) in [5, 5.41) is 2.62. The molecule has 7 rings (SSSR count). The monoisotopic (exact) mass is 844 g/mol. The number of nitrogens with zero attached hydrogens (tertiary/aromatic N) is 3. The minimum atomic E-state index is 0. The first-order chi connectivity index (χ1) is 21.6. The summed E-state index contributed by atoms with van der Waals surface area (Å²) < 4.78 is 2.84. The predicted molar refractivity (Wildman–Crippen MR) is 190 cm³/mol. The number of hydrogen-bond acceptors (Lipinski definition) is 3. The van der Waals surface area contributed by atoms with E-state index in [0.717, 1.165) is 28.9 Å². The molecule has 1 radical (unpaired) electrons. The van der Waals surface area contributed by atoms with Crippen LogP contribution in [0.2, 0.25) is 0 Å². The van der Waals surface area contributed by atoms with Crippen molar-refractivity contribution in [3.63, 3.8) is 0 Å². The Hall–Kier alpha value is -3.72. The fourth-order valence-corrected chi connectivity index (χ4v) is 7.78. The van der Waals surface area contributed by atoms with Crippen LogP contribution in [0.25, 0.3) is 52.9 Å². The van der Waals surface area contributed by atoms with Crippen molar-refractivity contribution in [2.75, 3.05) is 0 Å². The number of aromatic nitrogens is 3. The molecule has 7 aromatic rings. The molecule has 0 unspecified atom stereocenters. The van der Waals surface area contributed by atoms with Crippen molar-refractivity contribution in [2.24, 2.45) is 5.41 Å². The molecule has 0 N–H and O–H groups in total. The average Bonchev–Trinajstić information content (AvgIpc) is 3.41.